The molecule has 0 radical (unpaired) electrons. The van der Waals surface area contributed by atoms with Gasteiger partial charge in [-0.3, -0.25) is 4.79 Å². The molecule has 0 unspecified atom stereocenters. The zero-order valence-corrected chi connectivity index (χ0v) is 18.7. The van der Waals surface area contributed by atoms with Crippen molar-refractivity contribution in [2.75, 3.05) is 11.9 Å². The van der Waals surface area contributed by atoms with Gasteiger partial charge >= 0.3 is 5.97 Å². The third kappa shape index (κ3) is 4.93. The van der Waals surface area contributed by atoms with Crippen molar-refractivity contribution in [3.05, 3.63) is 44.8 Å². The van der Waals surface area contributed by atoms with E-state index in [9.17, 15) is 9.59 Å². The van der Waals surface area contributed by atoms with Crippen molar-refractivity contribution in [3.63, 3.8) is 0 Å². The number of nitrogens with one attached hydrogen (secondary N) is 1. The van der Waals surface area contributed by atoms with Gasteiger partial charge in [0.15, 0.2) is 6.10 Å². The molecule has 1 aliphatic rings. The number of halogens is 1. The maximum atomic E-state index is 12.8. The molecule has 1 aromatic carbocycles. The van der Waals surface area contributed by atoms with Crippen LogP contribution in [0.1, 0.15) is 53.6 Å². The van der Waals surface area contributed by atoms with Gasteiger partial charge in [0.2, 0.25) is 0 Å². The molecule has 0 fully saturated rings. The van der Waals surface area contributed by atoms with Gasteiger partial charge in [-0.05, 0) is 75.3 Å². The van der Waals surface area contributed by atoms with Crippen molar-refractivity contribution >= 4 is 39.8 Å². The van der Waals surface area contributed by atoms with Gasteiger partial charge in [-0.15, -0.1) is 11.3 Å². The Morgan fingerprint density at radius 3 is 2.83 bits per heavy atom. The van der Waals surface area contributed by atoms with Crippen LogP contribution in [0.4, 0.5) is 5.00 Å². The topological polar surface area (TPSA) is 64.6 Å². The molecule has 29 heavy (non-hydrogen) atoms. The fraction of sp³-hybridized carbons (Fsp3) is 0.455. The van der Waals surface area contributed by atoms with Crippen LogP contribution in [0.2, 0.25) is 5.02 Å². The monoisotopic (exact) mass is 435 g/mol. The lowest BCUT2D eigenvalue weighted by Gasteiger charge is -2.18. The standard InChI is InChI=1S/C22H26ClNO4S/c1-5-27-22(26)19-16-8-6-12(2)10-18(16)29-21(19)24-20(25)14(4)28-17-9-7-15(23)11-13(17)3/h7,9,11-12,14H,5-6,8,10H2,1-4H3,(H,24,25)/t12-,14-/m1/s1. The quantitative estimate of drug-likeness (QED) is 0.615. The number of benzene rings is 1. The first-order valence-electron chi connectivity index (χ1n) is 9.85. The second-order valence-corrected chi connectivity index (χ2v) is 8.98. The lowest BCUT2D eigenvalue weighted by molar-refractivity contribution is -0.122. The maximum absolute atomic E-state index is 12.8. The number of esters is 1. The maximum Gasteiger partial charge on any atom is 0.341 e. The molecule has 0 bridgehead atoms. The number of hydrogen-bond acceptors (Lipinski definition) is 5. The van der Waals surface area contributed by atoms with Crippen LogP contribution in [-0.2, 0) is 22.4 Å². The van der Waals surface area contributed by atoms with E-state index in [0.717, 1.165) is 35.3 Å². The zero-order chi connectivity index (χ0) is 21.1. The summed E-state index contributed by atoms with van der Waals surface area (Å²) in [4.78, 5) is 26.5. The van der Waals surface area contributed by atoms with Crippen LogP contribution < -0.4 is 10.1 Å². The molecule has 0 saturated heterocycles. The Morgan fingerprint density at radius 1 is 1.38 bits per heavy atom. The third-order valence-corrected chi connectivity index (χ3v) is 6.44. The van der Waals surface area contributed by atoms with Gasteiger partial charge in [0.1, 0.15) is 10.8 Å². The van der Waals surface area contributed by atoms with E-state index in [2.05, 4.69) is 12.2 Å². The number of ether oxygens (including phenoxy) is 2. The van der Waals surface area contributed by atoms with Gasteiger partial charge in [0, 0.05) is 9.90 Å². The molecule has 1 amide bonds. The normalized spacial score (nSPS) is 16.7. The Balaban J connectivity index is 1.81. The molecule has 1 aliphatic carbocycles. The van der Waals surface area contributed by atoms with Gasteiger partial charge in [-0.2, -0.15) is 0 Å². The van der Waals surface area contributed by atoms with E-state index < -0.39 is 6.10 Å². The average Bonchev–Trinajstić information content (AvgIpc) is 3.00. The first-order valence-corrected chi connectivity index (χ1v) is 11.0. The second kappa shape index (κ2) is 9.18. The summed E-state index contributed by atoms with van der Waals surface area (Å²) < 4.78 is 11.1. The molecule has 7 heteroatoms. The van der Waals surface area contributed by atoms with Crippen LogP contribution in [-0.4, -0.2) is 24.6 Å². The van der Waals surface area contributed by atoms with E-state index in [1.807, 2.05) is 6.92 Å². The van der Waals surface area contributed by atoms with Gasteiger partial charge in [0.25, 0.3) is 5.91 Å². The Labute approximate surface area is 180 Å². The van der Waals surface area contributed by atoms with E-state index in [1.165, 1.54) is 11.3 Å². The largest absolute Gasteiger partial charge is 0.481 e. The average molecular weight is 436 g/mol. The number of hydrogen-bond donors (Lipinski definition) is 1. The van der Waals surface area contributed by atoms with E-state index >= 15 is 0 Å². The number of aryl methyl sites for hydroxylation is 1. The second-order valence-electron chi connectivity index (χ2n) is 7.44. The first-order chi connectivity index (χ1) is 13.8. The van der Waals surface area contributed by atoms with Crippen LogP contribution in [0, 0.1) is 12.8 Å². The van der Waals surface area contributed by atoms with Crippen LogP contribution in [0.25, 0.3) is 0 Å². The zero-order valence-electron chi connectivity index (χ0n) is 17.1. The van der Waals surface area contributed by atoms with Gasteiger partial charge < -0.3 is 14.8 Å². The molecule has 3 rings (SSSR count). The fourth-order valence-corrected chi connectivity index (χ4v) is 5.09. The lowest BCUT2D eigenvalue weighted by atomic mass is 9.88. The number of carbonyl (C=O) groups is 2. The third-order valence-electron chi connectivity index (χ3n) is 5.04. The van der Waals surface area contributed by atoms with E-state index in [4.69, 9.17) is 21.1 Å². The minimum absolute atomic E-state index is 0.294. The van der Waals surface area contributed by atoms with Crippen LogP contribution in [0.3, 0.4) is 0 Å². The fourth-order valence-electron chi connectivity index (χ4n) is 3.46. The van der Waals surface area contributed by atoms with Crippen LogP contribution in [0.5, 0.6) is 5.75 Å². The number of fused-ring (bicyclic) bond motifs is 1. The predicted octanol–water partition coefficient (Wildman–Crippen LogP) is 5.42. The number of anilines is 1. The van der Waals surface area contributed by atoms with Crippen molar-refractivity contribution in [3.8, 4) is 5.75 Å². The van der Waals surface area contributed by atoms with Gasteiger partial charge in [0.05, 0.1) is 12.2 Å². The Kier molecular flexibility index (Phi) is 6.85. The number of amides is 1. The van der Waals surface area contributed by atoms with Crippen molar-refractivity contribution in [1.29, 1.82) is 0 Å². The predicted molar refractivity (Wildman–Crippen MR) is 116 cm³/mol. The smallest absolute Gasteiger partial charge is 0.341 e. The van der Waals surface area contributed by atoms with Gasteiger partial charge in [-0.25, -0.2) is 4.79 Å². The molecular weight excluding hydrogens is 410 g/mol. The summed E-state index contributed by atoms with van der Waals surface area (Å²) >= 11 is 7.45. The molecule has 1 N–H and O–H groups in total. The summed E-state index contributed by atoms with van der Waals surface area (Å²) in [7, 11) is 0. The van der Waals surface area contributed by atoms with Crippen molar-refractivity contribution in [1.82, 2.24) is 0 Å². The van der Waals surface area contributed by atoms with Gasteiger partial charge in [-0.1, -0.05) is 18.5 Å². The van der Waals surface area contributed by atoms with Crippen molar-refractivity contribution in [2.24, 2.45) is 5.92 Å². The molecule has 5 nitrogen and oxygen atoms in total. The molecule has 2 atom stereocenters. The Bertz CT molecular complexity index is 924. The Morgan fingerprint density at radius 2 is 2.14 bits per heavy atom. The molecule has 2 aromatic rings. The summed E-state index contributed by atoms with van der Waals surface area (Å²) in [6, 6.07) is 5.26. The minimum Gasteiger partial charge on any atom is -0.481 e. The highest BCUT2D eigenvalue weighted by Crippen LogP contribution is 2.40. The minimum atomic E-state index is -0.733. The SMILES string of the molecule is CCOC(=O)c1c(NC(=O)[C@@H](C)Oc2ccc(Cl)cc2C)sc2c1CC[C@@H](C)C2. The first kappa shape index (κ1) is 21.7. The molecule has 0 aliphatic heterocycles. The van der Waals surface area contributed by atoms with E-state index in [1.54, 1.807) is 32.0 Å². The summed E-state index contributed by atoms with van der Waals surface area (Å²) in [5.74, 6) is 0.477. The van der Waals surface area contributed by atoms with Crippen LogP contribution >= 0.6 is 22.9 Å². The lowest BCUT2D eigenvalue weighted by Crippen LogP contribution is -2.30. The molecule has 0 saturated carbocycles. The van der Waals surface area contributed by atoms with E-state index in [-0.39, 0.29) is 11.9 Å². The van der Waals surface area contributed by atoms with Crippen molar-refractivity contribution in [2.45, 2.75) is 53.1 Å². The molecule has 156 valence electrons. The molecule has 1 aromatic heterocycles. The molecular formula is C22H26ClNO4S. The molecule has 1 heterocycles. The summed E-state index contributed by atoms with van der Waals surface area (Å²) in [6.45, 7) is 7.83. The molecule has 0 spiro atoms. The number of rotatable bonds is 6. The number of carbonyl (C=O) groups excluding carboxylic acids is 2. The highest BCUT2D eigenvalue weighted by atomic mass is 35.5. The summed E-state index contributed by atoms with van der Waals surface area (Å²) in [6.07, 6.45) is 2.03. The number of thiophene rings is 1. The van der Waals surface area contributed by atoms with Crippen molar-refractivity contribution < 1.29 is 19.1 Å². The summed E-state index contributed by atoms with van der Waals surface area (Å²) in [5, 5.41) is 4.07. The van der Waals surface area contributed by atoms with E-state index in [0.29, 0.717) is 33.9 Å². The Hall–Kier alpha value is -2.05. The highest BCUT2D eigenvalue weighted by Gasteiger charge is 2.30. The van der Waals surface area contributed by atoms with Crippen LogP contribution in [0.15, 0.2) is 18.2 Å². The summed E-state index contributed by atoms with van der Waals surface area (Å²) in [5.41, 5.74) is 2.37. The highest BCUT2D eigenvalue weighted by molar-refractivity contribution is 7.17.